The maximum Gasteiger partial charge on any atom is 0.252 e. The van der Waals surface area contributed by atoms with E-state index in [0.717, 1.165) is 15.7 Å². The number of hydrogen-bond acceptors (Lipinski definition) is 4. The molecule has 0 saturated heterocycles. The SMILES string of the molecule is C[C@H](N)c1ccc(-n2cnc(C#N)n2)c(Br)c1. The lowest BCUT2D eigenvalue weighted by molar-refractivity contribution is 0.812. The van der Waals surface area contributed by atoms with Gasteiger partial charge in [0.25, 0.3) is 5.82 Å². The minimum absolute atomic E-state index is 0.0224. The van der Waals surface area contributed by atoms with Crippen LogP contribution in [0.15, 0.2) is 29.0 Å². The number of benzene rings is 1. The Morgan fingerprint density at radius 3 is 2.82 bits per heavy atom. The summed E-state index contributed by atoms with van der Waals surface area (Å²) in [6.45, 7) is 1.92. The molecular formula is C11H10BrN5. The zero-order chi connectivity index (χ0) is 12.4. The minimum atomic E-state index is -0.0224. The summed E-state index contributed by atoms with van der Waals surface area (Å²) in [7, 11) is 0. The second-order valence-corrected chi connectivity index (χ2v) is 4.48. The van der Waals surface area contributed by atoms with Crippen LogP contribution in [-0.4, -0.2) is 14.8 Å². The lowest BCUT2D eigenvalue weighted by atomic mass is 10.1. The van der Waals surface area contributed by atoms with Crippen LogP contribution in [0.5, 0.6) is 0 Å². The normalized spacial score (nSPS) is 12.1. The first-order valence-electron chi connectivity index (χ1n) is 4.99. The first-order valence-corrected chi connectivity index (χ1v) is 5.78. The molecule has 2 aromatic rings. The molecule has 0 spiro atoms. The van der Waals surface area contributed by atoms with Crippen LogP contribution in [0, 0.1) is 11.3 Å². The van der Waals surface area contributed by atoms with Gasteiger partial charge in [0.05, 0.1) is 5.69 Å². The molecule has 2 N–H and O–H groups in total. The van der Waals surface area contributed by atoms with E-state index in [2.05, 4.69) is 26.0 Å². The summed E-state index contributed by atoms with van der Waals surface area (Å²) < 4.78 is 2.41. The number of nitriles is 1. The van der Waals surface area contributed by atoms with E-state index in [-0.39, 0.29) is 11.9 Å². The summed E-state index contributed by atoms with van der Waals surface area (Å²) in [5.74, 6) is 0.146. The summed E-state index contributed by atoms with van der Waals surface area (Å²) in [6, 6.07) is 7.62. The zero-order valence-electron chi connectivity index (χ0n) is 9.13. The van der Waals surface area contributed by atoms with Crippen molar-refractivity contribution in [3.63, 3.8) is 0 Å². The van der Waals surface area contributed by atoms with E-state index in [9.17, 15) is 0 Å². The number of halogens is 1. The van der Waals surface area contributed by atoms with Crippen molar-refractivity contribution >= 4 is 15.9 Å². The van der Waals surface area contributed by atoms with Gasteiger partial charge in [-0.05, 0) is 40.5 Å². The Hall–Kier alpha value is -1.71. The van der Waals surface area contributed by atoms with Crippen LogP contribution in [0.1, 0.15) is 24.4 Å². The van der Waals surface area contributed by atoms with Gasteiger partial charge >= 0.3 is 0 Å². The molecule has 1 aromatic heterocycles. The third-order valence-corrected chi connectivity index (χ3v) is 2.97. The molecule has 86 valence electrons. The summed E-state index contributed by atoms with van der Waals surface area (Å²) in [5.41, 5.74) is 7.65. The van der Waals surface area contributed by atoms with E-state index in [4.69, 9.17) is 11.0 Å². The molecule has 0 amide bonds. The van der Waals surface area contributed by atoms with Crippen molar-refractivity contribution in [2.24, 2.45) is 5.73 Å². The average Bonchev–Trinajstić information content (AvgIpc) is 2.77. The zero-order valence-corrected chi connectivity index (χ0v) is 10.7. The molecule has 0 aliphatic heterocycles. The van der Waals surface area contributed by atoms with Crippen LogP contribution in [0.3, 0.4) is 0 Å². The molecule has 6 heteroatoms. The van der Waals surface area contributed by atoms with Crippen molar-refractivity contribution in [1.82, 2.24) is 14.8 Å². The van der Waals surface area contributed by atoms with Gasteiger partial charge in [-0.15, -0.1) is 5.10 Å². The predicted molar refractivity (Wildman–Crippen MR) is 66.4 cm³/mol. The van der Waals surface area contributed by atoms with Crippen LogP contribution in [0.25, 0.3) is 5.69 Å². The molecule has 5 nitrogen and oxygen atoms in total. The Kier molecular flexibility index (Phi) is 3.22. The van der Waals surface area contributed by atoms with Crippen molar-refractivity contribution < 1.29 is 0 Å². The van der Waals surface area contributed by atoms with Crippen molar-refractivity contribution in [3.05, 3.63) is 40.4 Å². The van der Waals surface area contributed by atoms with Gasteiger partial charge in [0.1, 0.15) is 12.4 Å². The van der Waals surface area contributed by atoms with Crippen molar-refractivity contribution in [3.8, 4) is 11.8 Å². The molecule has 0 bridgehead atoms. The average molecular weight is 292 g/mol. The monoisotopic (exact) mass is 291 g/mol. The molecule has 0 saturated carbocycles. The predicted octanol–water partition coefficient (Wildman–Crippen LogP) is 1.92. The fourth-order valence-electron chi connectivity index (χ4n) is 1.42. The van der Waals surface area contributed by atoms with Gasteiger partial charge < -0.3 is 5.73 Å². The largest absolute Gasteiger partial charge is 0.324 e. The Bertz CT molecular complexity index is 582. The number of hydrogen-bond donors (Lipinski definition) is 1. The molecular weight excluding hydrogens is 282 g/mol. The van der Waals surface area contributed by atoms with Crippen LogP contribution >= 0.6 is 15.9 Å². The third-order valence-electron chi connectivity index (χ3n) is 2.34. The fourth-order valence-corrected chi connectivity index (χ4v) is 2.00. The molecule has 0 aliphatic carbocycles. The van der Waals surface area contributed by atoms with E-state index >= 15 is 0 Å². The first kappa shape index (κ1) is 11.8. The molecule has 2 rings (SSSR count). The van der Waals surface area contributed by atoms with Crippen LogP contribution in [0.4, 0.5) is 0 Å². The highest BCUT2D eigenvalue weighted by Crippen LogP contribution is 2.24. The summed E-state index contributed by atoms with van der Waals surface area (Å²) >= 11 is 3.46. The van der Waals surface area contributed by atoms with E-state index in [1.54, 1.807) is 4.68 Å². The van der Waals surface area contributed by atoms with Crippen molar-refractivity contribution in [2.75, 3.05) is 0 Å². The topological polar surface area (TPSA) is 80.5 Å². The Morgan fingerprint density at radius 1 is 1.53 bits per heavy atom. The highest BCUT2D eigenvalue weighted by Gasteiger charge is 2.08. The number of nitrogens with two attached hydrogens (primary N) is 1. The molecule has 0 radical (unpaired) electrons. The van der Waals surface area contributed by atoms with Crippen LogP contribution < -0.4 is 5.73 Å². The van der Waals surface area contributed by atoms with Crippen molar-refractivity contribution in [1.29, 1.82) is 5.26 Å². The molecule has 1 heterocycles. The van der Waals surface area contributed by atoms with Crippen molar-refractivity contribution in [2.45, 2.75) is 13.0 Å². The van der Waals surface area contributed by atoms with E-state index in [1.165, 1.54) is 6.33 Å². The van der Waals surface area contributed by atoms with Gasteiger partial charge in [-0.2, -0.15) is 5.26 Å². The molecule has 0 aliphatic rings. The highest BCUT2D eigenvalue weighted by atomic mass is 79.9. The van der Waals surface area contributed by atoms with Gasteiger partial charge in [-0.25, -0.2) is 9.67 Å². The van der Waals surface area contributed by atoms with E-state index in [1.807, 2.05) is 31.2 Å². The molecule has 1 atom stereocenters. The molecule has 0 unspecified atom stereocenters. The summed E-state index contributed by atoms with van der Waals surface area (Å²) in [4.78, 5) is 3.85. The highest BCUT2D eigenvalue weighted by molar-refractivity contribution is 9.10. The summed E-state index contributed by atoms with van der Waals surface area (Å²) in [6.07, 6.45) is 1.50. The Balaban J connectivity index is 2.43. The fraction of sp³-hybridized carbons (Fsp3) is 0.182. The Labute approximate surface area is 107 Å². The molecule has 0 fully saturated rings. The standard InChI is InChI=1S/C11H10BrN5/c1-7(14)8-2-3-10(9(12)4-8)17-6-15-11(5-13)16-17/h2-4,6-7H,14H2,1H3/t7-/m0/s1. The second-order valence-electron chi connectivity index (χ2n) is 3.62. The number of nitrogens with zero attached hydrogens (tertiary/aromatic N) is 4. The van der Waals surface area contributed by atoms with Gasteiger partial charge in [-0.3, -0.25) is 0 Å². The number of aromatic nitrogens is 3. The first-order chi connectivity index (χ1) is 8.11. The van der Waals surface area contributed by atoms with Crippen LogP contribution in [-0.2, 0) is 0 Å². The van der Waals surface area contributed by atoms with Gasteiger partial charge in [0, 0.05) is 10.5 Å². The van der Waals surface area contributed by atoms with E-state index < -0.39 is 0 Å². The van der Waals surface area contributed by atoms with Crippen LogP contribution in [0.2, 0.25) is 0 Å². The molecule has 17 heavy (non-hydrogen) atoms. The van der Waals surface area contributed by atoms with Gasteiger partial charge in [-0.1, -0.05) is 6.07 Å². The minimum Gasteiger partial charge on any atom is -0.324 e. The number of rotatable bonds is 2. The second kappa shape index (κ2) is 4.65. The summed E-state index contributed by atoms with van der Waals surface area (Å²) in [5, 5.41) is 12.7. The Morgan fingerprint density at radius 2 is 2.29 bits per heavy atom. The van der Waals surface area contributed by atoms with E-state index in [0.29, 0.717) is 0 Å². The maximum atomic E-state index is 8.67. The smallest absolute Gasteiger partial charge is 0.252 e. The lowest BCUT2D eigenvalue weighted by Crippen LogP contribution is -2.05. The lowest BCUT2D eigenvalue weighted by Gasteiger charge is -2.09. The van der Waals surface area contributed by atoms with Gasteiger partial charge in [0.2, 0.25) is 0 Å². The molecule has 1 aromatic carbocycles. The quantitative estimate of drug-likeness (QED) is 0.917. The third kappa shape index (κ3) is 2.35. The maximum absolute atomic E-state index is 8.67. The van der Waals surface area contributed by atoms with Gasteiger partial charge in [0.15, 0.2) is 0 Å².